The molecule has 1 fully saturated rings. The second-order valence-corrected chi connectivity index (χ2v) is 21.3. The highest BCUT2D eigenvalue weighted by molar-refractivity contribution is 7.80. The van der Waals surface area contributed by atoms with Gasteiger partial charge in [0.05, 0.1) is 19.8 Å². The molecular weight excluding hydrogens is 885 g/mol. The van der Waals surface area contributed by atoms with Crippen molar-refractivity contribution in [1.29, 1.82) is 0 Å². The van der Waals surface area contributed by atoms with Gasteiger partial charge in [0.25, 0.3) is 0 Å². The molecule has 0 aromatic rings. The number of aliphatic hydroxyl groups excluding tert-OH is 3. The average molecular weight is 994 g/mol. The summed E-state index contributed by atoms with van der Waals surface area (Å²) in [6.45, 7) is 4.08. The lowest BCUT2D eigenvalue weighted by molar-refractivity contribution is -0.301. The van der Waals surface area contributed by atoms with E-state index in [1.54, 1.807) is 0 Å². The number of carbonyl (C=O) groups excluding carboxylic acids is 1. The molecule has 4 N–H and O–H groups in total. The summed E-state index contributed by atoms with van der Waals surface area (Å²) in [6.07, 6.45) is 44.3. The molecule has 0 spiro atoms. The highest BCUT2D eigenvalue weighted by Crippen LogP contribution is 2.26. The minimum Gasteiger partial charge on any atom is -0.457 e. The Balaban J connectivity index is 2.27. The van der Waals surface area contributed by atoms with Gasteiger partial charge in [-0.2, -0.15) is 8.42 Å². The number of carbonyl (C=O) groups is 1. The van der Waals surface area contributed by atoms with Crippen LogP contribution in [0, 0.1) is 0 Å². The Labute approximate surface area is 417 Å². The first kappa shape index (κ1) is 65.1. The van der Waals surface area contributed by atoms with Crippen LogP contribution in [0.15, 0.2) is 0 Å². The molecule has 1 saturated heterocycles. The molecule has 0 aliphatic carbocycles. The number of rotatable bonds is 52. The Bertz CT molecular complexity index is 1190. The van der Waals surface area contributed by atoms with Gasteiger partial charge in [0.2, 0.25) is 0 Å². The Morgan fingerprint density at radius 2 is 0.838 bits per heavy atom. The van der Waals surface area contributed by atoms with Crippen molar-refractivity contribution in [1.82, 2.24) is 0 Å². The summed E-state index contributed by atoms with van der Waals surface area (Å²) in [7, 11) is -5.06. The third-order valence-electron chi connectivity index (χ3n) is 13.7. The molecule has 1 heterocycles. The van der Waals surface area contributed by atoms with Gasteiger partial charge in [-0.05, 0) is 12.8 Å². The van der Waals surface area contributed by atoms with Crippen LogP contribution in [0.1, 0.15) is 284 Å². The van der Waals surface area contributed by atoms with Crippen LogP contribution in [-0.2, 0) is 38.3 Å². The lowest BCUT2D eigenvalue weighted by Gasteiger charge is -2.41. The molecule has 6 atom stereocenters. The SMILES string of the molecule is CCCCCCCCCCCCCCCCCCCCCCCCCC(=O)OC(COCCCCCCCCCCCCCCCCCCCC)COC1OC(CO)C(O)C(OS(=O)(=O)O)C1O. The monoisotopic (exact) mass is 993 g/mol. The van der Waals surface area contributed by atoms with Gasteiger partial charge in [-0.1, -0.05) is 264 Å². The maximum Gasteiger partial charge on any atom is 0.397 e. The van der Waals surface area contributed by atoms with Crippen LogP contribution in [-0.4, -0.2) is 97.5 Å². The van der Waals surface area contributed by atoms with Crippen LogP contribution in [0.25, 0.3) is 0 Å². The second-order valence-electron chi connectivity index (χ2n) is 20.3. The largest absolute Gasteiger partial charge is 0.457 e. The van der Waals surface area contributed by atoms with E-state index < -0.39 is 53.8 Å². The molecule has 12 nitrogen and oxygen atoms in total. The van der Waals surface area contributed by atoms with Crippen molar-refractivity contribution >= 4 is 16.4 Å². The number of aliphatic hydroxyl groups is 3. The first-order chi connectivity index (χ1) is 33.1. The fourth-order valence-electron chi connectivity index (χ4n) is 9.38. The third kappa shape index (κ3) is 39.7. The Morgan fingerprint density at radius 1 is 0.500 bits per heavy atom. The smallest absolute Gasteiger partial charge is 0.397 e. The van der Waals surface area contributed by atoms with E-state index in [-0.39, 0.29) is 25.6 Å². The van der Waals surface area contributed by atoms with Crippen LogP contribution in [0.5, 0.6) is 0 Å². The van der Waals surface area contributed by atoms with E-state index in [0.717, 1.165) is 38.5 Å². The van der Waals surface area contributed by atoms with E-state index in [0.29, 0.717) is 13.0 Å². The van der Waals surface area contributed by atoms with Gasteiger partial charge in [0.15, 0.2) is 6.29 Å². The van der Waals surface area contributed by atoms with E-state index in [2.05, 4.69) is 18.0 Å². The van der Waals surface area contributed by atoms with E-state index in [4.69, 9.17) is 18.9 Å². The molecule has 6 unspecified atom stereocenters. The summed E-state index contributed by atoms with van der Waals surface area (Å²) in [5, 5.41) is 30.8. The molecule has 0 aromatic heterocycles. The summed E-state index contributed by atoms with van der Waals surface area (Å²) >= 11 is 0. The van der Waals surface area contributed by atoms with Gasteiger partial charge in [0, 0.05) is 13.0 Å². The van der Waals surface area contributed by atoms with Gasteiger partial charge in [-0.25, -0.2) is 4.18 Å². The third-order valence-corrected chi connectivity index (χ3v) is 14.2. The molecule has 13 heteroatoms. The molecular formula is C55H108O12S. The maximum absolute atomic E-state index is 13.0. The molecule has 0 saturated carbocycles. The van der Waals surface area contributed by atoms with Crippen LogP contribution < -0.4 is 0 Å². The Morgan fingerprint density at radius 3 is 1.18 bits per heavy atom. The standard InChI is InChI=1S/C55H108O12S/c1-3-5-7-9-11-13-15-17-19-21-23-24-25-26-27-28-30-32-34-36-38-40-42-44-51(57)65-49(48-64-55-53(59)54(67-68(60,61)62)52(58)50(46-56)66-55)47-63-45-43-41-39-37-35-33-31-29-22-20-18-16-14-12-10-8-6-4-2/h49-50,52-56,58-59H,3-48H2,1-2H3,(H,60,61,62). The number of hydrogen-bond donors (Lipinski definition) is 4. The number of unbranched alkanes of at least 4 members (excludes halogenated alkanes) is 39. The molecule has 406 valence electrons. The highest BCUT2D eigenvalue weighted by atomic mass is 32.3. The predicted molar refractivity (Wildman–Crippen MR) is 276 cm³/mol. The molecule has 0 radical (unpaired) electrons. The van der Waals surface area contributed by atoms with Crippen molar-refractivity contribution < 1.29 is 56.2 Å². The fourth-order valence-corrected chi connectivity index (χ4v) is 9.89. The second kappa shape index (κ2) is 47.1. The van der Waals surface area contributed by atoms with Gasteiger partial charge in [-0.3, -0.25) is 9.35 Å². The number of hydrogen-bond acceptors (Lipinski definition) is 11. The van der Waals surface area contributed by atoms with Crippen molar-refractivity contribution in [2.45, 2.75) is 320 Å². The Kier molecular flexibility index (Phi) is 45.1. The zero-order valence-corrected chi connectivity index (χ0v) is 44.8. The zero-order valence-electron chi connectivity index (χ0n) is 44.0. The molecule has 0 aromatic carbocycles. The lowest BCUT2D eigenvalue weighted by Crippen LogP contribution is -2.60. The van der Waals surface area contributed by atoms with Crippen LogP contribution in [0.4, 0.5) is 0 Å². The van der Waals surface area contributed by atoms with E-state index >= 15 is 0 Å². The molecule has 0 bridgehead atoms. The quantitative estimate of drug-likeness (QED) is 0.0258. The van der Waals surface area contributed by atoms with E-state index in [1.165, 1.54) is 218 Å². The van der Waals surface area contributed by atoms with Crippen molar-refractivity contribution in [2.75, 3.05) is 26.4 Å². The maximum atomic E-state index is 13.0. The summed E-state index contributed by atoms with van der Waals surface area (Å²) < 4.78 is 59.4. The molecule has 1 aliphatic heterocycles. The number of esters is 1. The minimum atomic E-state index is -5.06. The van der Waals surface area contributed by atoms with Crippen LogP contribution in [0.2, 0.25) is 0 Å². The van der Waals surface area contributed by atoms with Crippen molar-refractivity contribution in [3.8, 4) is 0 Å². The number of ether oxygens (including phenoxy) is 4. The zero-order chi connectivity index (χ0) is 49.6. The lowest BCUT2D eigenvalue weighted by atomic mass is 9.99. The van der Waals surface area contributed by atoms with E-state index in [1.807, 2.05) is 0 Å². The molecule has 1 aliphatic rings. The average Bonchev–Trinajstić information content (AvgIpc) is 3.31. The van der Waals surface area contributed by atoms with Crippen LogP contribution >= 0.6 is 0 Å². The Hall–Kier alpha value is -0.900. The molecule has 0 amide bonds. The normalized spacial score (nSPS) is 19.2. The highest BCUT2D eigenvalue weighted by Gasteiger charge is 2.48. The summed E-state index contributed by atoms with van der Waals surface area (Å²) in [4.78, 5) is 13.0. The van der Waals surface area contributed by atoms with Gasteiger partial charge < -0.3 is 34.3 Å². The molecule has 68 heavy (non-hydrogen) atoms. The predicted octanol–water partition coefficient (Wildman–Crippen LogP) is 14.0. The first-order valence-electron chi connectivity index (χ1n) is 28.8. The topological polar surface area (TPSA) is 178 Å². The van der Waals surface area contributed by atoms with E-state index in [9.17, 15) is 33.1 Å². The summed E-state index contributed by atoms with van der Waals surface area (Å²) in [5.74, 6) is -0.389. The summed E-state index contributed by atoms with van der Waals surface area (Å²) in [6, 6.07) is 0. The van der Waals surface area contributed by atoms with Crippen molar-refractivity contribution in [3.63, 3.8) is 0 Å². The van der Waals surface area contributed by atoms with Gasteiger partial charge >= 0.3 is 16.4 Å². The molecule has 1 rings (SSSR count). The first-order valence-corrected chi connectivity index (χ1v) is 30.2. The fraction of sp³-hybridized carbons (Fsp3) is 0.982. The van der Waals surface area contributed by atoms with Gasteiger partial charge in [-0.15, -0.1) is 0 Å². The van der Waals surface area contributed by atoms with Crippen molar-refractivity contribution in [2.24, 2.45) is 0 Å². The summed E-state index contributed by atoms with van der Waals surface area (Å²) in [5.41, 5.74) is 0. The minimum absolute atomic E-state index is 0.0456. The van der Waals surface area contributed by atoms with Crippen molar-refractivity contribution in [3.05, 3.63) is 0 Å². The van der Waals surface area contributed by atoms with Crippen LogP contribution in [0.3, 0.4) is 0 Å². The van der Waals surface area contributed by atoms with Gasteiger partial charge in [0.1, 0.15) is 30.5 Å².